The van der Waals surface area contributed by atoms with Crippen LogP contribution >= 0.6 is 0 Å². The van der Waals surface area contributed by atoms with Crippen LogP contribution in [-0.4, -0.2) is 30.9 Å². The minimum Gasteiger partial charge on any atom is -0.497 e. The number of halogens is 2. The molecule has 2 heterocycles. The first-order chi connectivity index (χ1) is 15.0. The van der Waals surface area contributed by atoms with Crippen molar-refractivity contribution in [2.45, 2.75) is 25.5 Å². The molecule has 0 bridgehead atoms. The van der Waals surface area contributed by atoms with Crippen LogP contribution in [0.3, 0.4) is 0 Å². The summed E-state index contributed by atoms with van der Waals surface area (Å²) in [4.78, 5) is 13.1. The van der Waals surface area contributed by atoms with Crippen molar-refractivity contribution in [3.8, 4) is 5.75 Å². The van der Waals surface area contributed by atoms with E-state index >= 15 is 0 Å². The van der Waals surface area contributed by atoms with Crippen LogP contribution in [0.5, 0.6) is 5.75 Å². The van der Waals surface area contributed by atoms with E-state index in [0.717, 1.165) is 30.5 Å². The third-order valence-corrected chi connectivity index (χ3v) is 5.53. The molecule has 0 aliphatic carbocycles. The lowest BCUT2D eigenvalue weighted by molar-refractivity contribution is 0.113. The summed E-state index contributed by atoms with van der Waals surface area (Å²) < 4.78 is 41.7. The Hall–Kier alpha value is -3.19. The van der Waals surface area contributed by atoms with Gasteiger partial charge in [-0.25, -0.2) is 8.78 Å². The van der Waals surface area contributed by atoms with Gasteiger partial charge < -0.3 is 19.4 Å². The summed E-state index contributed by atoms with van der Waals surface area (Å²) in [5, 5.41) is 2.84. The highest BCUT2D eigenvalue weighted by molar-refractivity contribution is 5.83. The number of rotatable bonds is 7. The molecule has 0 saturated carbocycles. The van der Waals surface area contributed by atoms with E-state index in [1.165, 1.54) is 6.20 Å². The van der Waals surface area contributed by atoms with Crippen molar-refractivity contribution < 1.29 is 18.3 Å². The molecule has 7 heteroatoms. The van der Waals surface area contributed by atoms with Crippen molar-refractivity contribution in [1.29, 1.82) is 0 Å². The van der Waals surface area contributed by atoms with E-state index in [1.54, 1.807) is 23.8 Å². The van der Waals surface area contributed by atoms with E-state index in [2.05, 4.69) is 11.9 Å². The number of ether oxygens (including phenoxy) is 2. The third kappa shape index (κ3) is 4.32. The number of methoxy groups -OCH3 is 1. The zero-order chi connectivity index (χ0) is 22.0. The molecular weight excluding hydrogens is 402 g/mol. The molecule has 0 spiro atoms. The van der Waals surface area contributed by atoms with Gasteiger partial charge in [-0.05, 0) is 42.7 Å². The molecular formula is C24H24F2N2O3. The molecule has 3 aromatic rings. The monoisotopic (exact) mass is 426 g/mol. The molecule has 31 heavy (non-hydrogen) atoms. The molecule has 1 fully saturated rings. The Morgan fingerprint density at radius 3 is 2.65 bits per heavy atom. The van der Waals surface area contributed by atoms with Crippen LogP contribution < -0.4 is 15.5 Å². The van der Waals surface area contributed by atoms with Gasteiger partial charge in [-0.15, -0.1) is 0 Å². The second-order valence-corrected chi connectivity index (χ2v) is 7.60. The summed E-state index contributed by atoms with van der Waals surface area (Å²) in [7, 11) is 1.57. The fourth-order valence-electron chi connectivity index (χ4n) is 3.86. The first kappa shape index (κ1) is 21.1. The van der Waals surface area contributed by atoms with E-state index in [-0.39, 0.29) is 29.1 Å². The number of pyridine rings is 1. The summed E-state index contributed by atoms with van der Waals surface area (Å²) in [6.07, 6.45) is 3.50. The van der Waals surface area contributed by atoms with Crippen LogP contribution in [0, 0.1) is 11.6 Å². The molecule has 4 rings (SSSR count). The maximum absolute atomic E-state index is 14.7. The van der Waals surface area contributed by atoms with Gasteiger partial charge in [-0.3, -0.25) is 4.79 Å². The van der Waals surface area contributed by atoms with Gasteiger partial charge in [0.2, 0.25) is 5.43 Å². The minimum absolute atomic E-state index is 0.0490. The van der Waals surface area contributed by atoms with Gasteiger partial charge in [-0.2, -0.15) is 0 Å². The van der Waals surface area contributed by atoms with Gasteiger partial charge in [0.25, 0.3) is 0 Å². The Bertz CT molecular complexity index is 1170. The van der Waals surface area contributed by atoms with Crippen LogP contribution in [0.25, 0.3) is 16.6 Å². The van der Waals surface area contributed by atoms with Gasteiger partial charge in [0.15, 0.2) is 0 Å². The Morgan fingerprint density at radius 1 is 1.23 bits per heavy atom. The Morgan fingerprint density at radius 2 is 1.97 bits per heavy atom. The average Bonchev–Trinajstić information content (AvgIpc) is 3.30. The van der Waals surface area contributed by atoms with Gasteiger partial charge in [-0.1, -0.05) is 18.7 Å². The predicted octanol–water partition coefficient (Wildman–Crippen LogP) is 4.08. The molecule has 0 radical (unpaired) electrons. The molecule has 1 atom stereocenters. The number of hydrogen-bond acceptors (Lipinski definition) is 4. The van der Waals surface area contributed by atoms with Crippen LogP contribution in [0.15, 0.2) is 54.0 Å². The largest absolute Gasteiger partial charge is 0.497 e. The summed E-state index contributed by atoms with van der Waals surface area (Å²) in [5.41, 5.74) is 0.732. The molecule has 1 N–H and O–H groups in total. The summed E-state index contributed by atoms with van der Waals surface area (Å²) in [6, 6.07) is 9.27. The van der Waals surface area contributed by atoms with Crippen molar-refractivity contribution in [2.75, 3.05) is 20.3 Å². The topological polar surface area (TPSA) is 52.5 Å². The van der Waals surface area contributed by atoms with Crippen LogP contribution in [-0.2, 0) is 11.3 Å². The molecule has 1 saturated heterocycles. The lowest BCUT2D eigenvalue weighted by atomic mass is 10.1. The van der Waals surface area contributed by atoms with Gasteiger partial charge in [0.05, 0.1) is 29.7 Å². The SMILES string of the molecule is C=C(NCC1CCCO1)c1cn(Cc2ccc(OC)cc2)c2c(F)ccc(F)c2c1=O. The number of hydrogen-bond donors (Lipinski definition) is 1. The predicted molar refractivity (Wildman–Crippen MR) is 116 cm³/mol. The fraction of sp³-hybridized carbons (Fsp3) is 0.292. The Kier molecular flexibility index (Phi) is 6.04. The second kappa shape index (κ2) is 8.89. The van der Waals surface area contributed by atoms with Gasteiger partial charge >= 0.3 is 0 Å². The fourth-order valence-corrected chi connectivity index (χ4v) is 3.86. The normalized spacial score (nSPS) is 15.9. The summed E-state index contributed by atoms with van der Waals surface area (Å²) in [6.45, 7) is 5.42. The smallest absolute Gasteiger partial charge is 0.201 e. The maximum Gasteiger partial charge on any atom is 0.201 e. The Labute approximate surface area is 178 Å². The highest BCUT2D eigenvalue weighted by Gasteiger charge is 2.20. The van der Waals surface area contributed by atoms with E-state index in [0.29, 0.717) is 24.6 Å². The average molecular weight is 426 g/mol. The van der Waals surface area contributed by atoms with E-state index in [4.69, 9.17) is 9.47 Å². The molecule has 2 aromatic carbocycles. The first-order valence-corrected chi connectivity index (χ1v) is 10.2. The van der Waals surface area contributed by atoms with Crippen molar-refractivity contribution in [1.82, 2.24) is 9.88 Å². The summed E-state index contributed by atoms with van der Waals surface area (Å²) in [5.74, 6) is -0.733. The standard InChI is InChI=1S/C24H24F2N2O3/c1-15(27-12-18-4-3-11-31-18)19-14-28(13-16-5-7-17(30-2)8-6-16)23-21(26)10-9-20(25)22(23)24(19)29/h5-10,14,18,27H,1,3-4,11-13H2,2H3. The zero-order valence-electron chi connectivity index (χ0n) is 17.3. The number of nitrogens with one attached hydrogen (secondary N) is 1. The van der Waals surface area contributed by atoms with Crippen molar-refractivity contribution in [3.05, 3.63) is 82.2 Å². The molecule has 162 valence electrons. The third-order valence-electron chi connectivity index (χ3n) is 5.53. The zero-order valence-corrected chi connectivity index (χ0v) is 17.3. The first-order valence-electron chi connectivity index (χ1n) is 10.2. The van der Waals surface area contributed by atoms with Crippen LogP contribution in [0.4, 0.5) is 8.78 Å². The lowest BCUT2D eigenvalue weighted by Gasteiger charge is -2.18. The number of aromatic nitrogens is 1. The van der Waals surface area contributed by atoms with Crippen molar-refractivity contribution >= 4 is 16.6 Å². The quantitative estimate of drug-likeness (QED) is 0.619. The van der Waals surface area contributed by atoms with E-state index < -0.39 is 17.1 Å². The molecule has 1 aliphatic rings. The number of fused-ring (bicyclic) bond motifs is 1. The second-order valence-electron chi connectivity index (χ2n) is 7.60. The number of benzene rings is 2. The molecule has 1 aromatic heterocycles. The van der Waals surface area contributed by atoms with Crippen molar-refractivity contribution in [2.24, 2.45) is 0 Å². The highest BCUT2D eigenvalue weighted by Crippen LogP contribution is 2.23. The van der Waals surface area contributed by atoms with Gasteiger partial charge in [0.1, 0.15) is 17.4 Å². The van der Waals surface area contributed by atoms with Gasteiger partial charge in [0, 0.05) is 31.6 Å². The summed E-state index contributed by atoms with van der Waals surface area (Å²) >= 11 is 0. The van der Waals surface area contributed by atoms with Crippen LogP contribution in [0.2, 0.25) is 0 Å². The number of nitrogens with zero attached hydrogens (tertiary/aromatic N) is 1. The van der Waals surface area contributed by atoms with Crippen molar-refractivity contribution in [3.63, 3.8) is 0 Å². The Balaban J connectivity index is 1.75. The van der Waals surface area contributed by atoms with E-state index in [9.17, 15) is 13.6 Å². The molecule has 0 amide bonds. The molecule has 1 unspecified atom stereocenters. The molecule has 1 aliphatic heterocycles. The van der Waals surface area contributed by atoms with Crippen LogP contribution in [0.1, 0.15) is 24.0 Å². The minimum atomic E-state index is -0.765. The highest BCUT2D eigenvalue weighted by atomic mass is 19.1. The lowest BCUT2D eigenvalue weighted by Crippen LogP contribution is -2.27. The maximum atomic E-state index is 14.7. The van der Waals surface area contributed by atoms with E-state index in [1.807, 2.05) is 12.1 Å². The molecule has 5 nitrogen and oxygen atoms in total.